The Morgan fingerprint density at radius 1 is 1.00 bits per heavy atom. The van der Waals surface area contributed by atoms with Gasteiger partial charge in [-0.2, -0.15) is 0 Å². The summed E-state index contributed by atoms with van der Waals surface area (Å²) in [5, 5.41) is 1.23. The van der Waals surface area contributed by atoms with Crippen molar-refractivity contribution in [2.75, 3.05) is 37.6 Å². The number of aromatic nitrogens is 2. The molecule has 4 nitrogen and oxygen atoms in total. The average molecular weight is 296 g/mol. The van der Waals surface area contributed by atoms with Crippen molar-refractivity contribution in [2.45, 2.75) is 33.1 Å². The summed E-state index contributed by atoms with van der Waals surface area (Å²) in [4.78, 5) is 14.5. The van der Waals surface area contributed by atoms with Crippen molar-refractivity contribution in [1.29, 1.82) is 0 Å². The summed E-state index contributed by atoms with van der Waals surface area (Å²) in [5.41, 5.74) is 5.24. The van der Waals surface area contributed by atoms with Gasteiger partial charge in [0.2, 0.25) is 5.95 Å². The van der Waals surface area contributed by atoms with Crippen molar-refractivity contribution < 1.29 is 0 Å². The van der Waals surface area contributed by atoms with E-state index in [1.807, 2.05) is 0 Å². The third-order valence-corrected chi connectivity index (χ3v) is 5.19. The van der Waals surface area contributed by atoms with E-state index in [-0.39, 0.29) is 0 Å². The normalized spacial score (nSPS) is 18.9. The van der Waals surface area contributed by atoms with Crippen LogP contribution in [0.15, 0.2) is 12.1 Å². The lowest BCUT2D eigenvalue weighted by molar-refractivity contribution is 0.270. The Balaban J connectivity index is 1.69. The Morgan fingerprint density at radius 3 is 2.45 bits per heavy atom. The second-order valence-electron chi connectivity index (χ2n) is 6.52. The van der Waals surface area contributed by atoms with Crippen LogP contribution in [0.2, 0.25) is 0 Å². The number of benzene rings is 1. The minimum atomic E-state index is 0.915. The molecule has 4 heteroatoms. The van der Waals surface area contributed by atoms with Crippen molar-refractivity contribution in [2.24, 2.45) is 0 Å². The molecular formula is C18H24N4. The van der Waals surface area contributed by atoms with E-state index < -0.39 is 0 Å². The fourth-order valence-electron chi connectivity index (χ4n) is 3.74. The van der Waals surface area contributed by atoms with Gasteiger partial charge in [0.25, 0.3) is 0 Å². The molecule has 0 saturated carbocycles. The topological polar surface area (TPSA) is 32.3 Å². The first-order chi connectivity index (χ1) is 10.7. The molecule has 1 aliphatic carbocycles. The number of piperazine rings is 1. The number of aryl methyl sites for hydroxylation is 3. The number of nitrogens with zero attached hydrogens (tertiary/aromatic N) is 4. The Kier molecular flexibility index (Phi) is 3.49. The molecule has 2 aromatic rings. The summed E-state index contributed by atoms with van der Waals surface area (Å²) in [7, 11) is 0. The lowest BCUT2D eigenvalue weighted by atomic mass is 10.1. The van der Waals surface area contributed by atoms with E-state index in [0.29, 0.717) is 0 Å². The molecule has 2 heterocycles. The second kappa shape index (κ2) is 5.51. The van der Waals surface area contributed by atoms with Gasteiger partial charge in [-0.15, -0.1) is 0 Å². The van der Waals surface area contributed by atoms with Crippen molar-refractivity contribution in [3.8, 4) is 0 Å². The van der Waals surface area contributed by atoms with Gasteiger partial charge in [0.15, 0.2) is 0 Å². The summed E-state index contributed by atoms with van der Waals surface area (Å²) in [6, 6.07) is 4.63. The zero-order chi connectivity index (χ0) is 15.1. The molecule has 0 radical (unpaired) electrons. The van der Waals surface area contributed by atoms with Gasteiger partial charge in [0.05, 0.1) is 11.2 Å². The quantitative estimate of drug-likeness (QED) is 0.852. The Labute approximate surface area is 132 Å². The van der Waals surface area contributed by atoms with Crippen molar-refractivity contribution in [3.63, 3.8) is 0 Å². The summed E-state index contributed by atoms with van der Waals surface area (Å²) in [5.74, 6) is 0.915. The number of likely N-dealkylation sites (N-methyl/N-ethyl adjacent to an activating group) is 1. The van der Waals surface area contributed by atoms with Gasteiger partial charge in [-0.25, -0.2) is 9.97 Å². The second-order valence-corrected chi connectivity index (χ2v) is 6.52. The fraction of sp³-hybridized carbons (Fsp3) is 0.556. The number of anilines is 1. The fourth-order valence-corrected chi connectivity index (χ4v) is 3.74. The third-order valence-electron chi connectivity index (χ3n) is 5.19. The van der Waals surface area contributed by atoms with Crippen LogP contribution in [0.3, 0.4) is 0 Å². The van der Waals surface area contributed by atoms with Crippen molar-refractivity contribution in [1.82, 2.24) is 14.9 Å². The molecule has 4 rings (SSSR count). The van der Waals surface area contributed by atoms with Crippen molar-refractivity contribution in [3.05, 3.63) is 29.0 Å². The first-order valence-electron chi connectivity index (χ1n) is 8.52. The molecule has 1 saturated heterocycles. The molecule has 1 aromatic heterocycles. The van der Waals surface area contributed by atoms with Gasteiger partial charge >= 0.3 is 0 Å². The molecule has 1 aromatic carbocycles. The van der Waals surface area contributed by atoms with Crippen LogP contribution in [0.25, 0.3) is 10.9 Å². The van der Waals surface area contributed by atoms with E-state index in [4.69, 9.17) is 9.97 Å². The van der Waals surface area contributed by atoms with Gasteiger partial charge in [-0.3, -0.25) is 0 Å². The molecule has 0 amide bonds. The van der Waals surface area contributed by atoms with E-state index in [9.17, 15) is 0 Å². The largest absolute Gasteiger partial charge is 0.338 e. The first kappa shape index (κ1) is 13.9. The van der Waals surface area contributed by atoms with Crippen LogP contribution in [-0.2, 0) is 12.8 Å². The average Bonchev–Trinajstić information content (AvgIpc) is 3.00. The van der Waals surface area contributed by atoms with Gasteiger partial charge in [-0.1, -0.05) is 6.92 Å². The van der Waals surface area contributed by atoms with E-state index in [1.54, 1.807) is 0 Å². The molecule has 0 N–H and O–H groups in total. The molecule has 1 fully saturated rings. The smallest absolute Gasteiger partial charge is 0.226 e. The van der Waals surface area contributed by atoms with Crippen LogP contribution in [0.5, 0.6) is 0 Å². The van der Waals surface area contributed by atoms with E-state index >= 15 is 0 Å². The molecule has 0 bridgehead atoms. The van der Waals surface area contributed by atoms with Crippen LogP contribution < -0.4 is 4.90 Å². The lowest BCUT2D eigenvalue weighted by Crippen LogP contribution is -2.46. The van der Waals surface area contributed by atoms with Gasteiger partial charge in [-0.05, 0) is 56.0 Å². The highest BCUT2D eigenvalue weighted by atomic mass is 15.3. The SMILES string of the molecule is CCN1CCN(c2nc(C)c3cc4c(cc3n2)CCC4)CC1. The first-order valence-corrected chi connectivity index (χ1v) is 8.52. The minimum absolute atomic E-state index is 0.915. The summed E-state index contributed by atoms with van der Waals surface area (Å²) >= 11 is 0. The number of rotatable bonds is 2. The van der Waals surface area contributed by atoms with Crippen LogP contribution in [0, 0.1) is 6.92 Å². The number of fused-ring (bicyclic) bond motifs is 2. The molecule has 116 valence electrons. The summed E-state index contributed by atoms with van der Waals surface area (Å²) < 4.78 is 0. The highest BCUT2D eigenvalue weighted by Crippen LogP contribution is 2.29. The highest BCUT2D eigenvalue weighted by molar-refractivity contribution is 5.84. The lowest BCUT2D eigenvalue weighted by Gasteiger charge is -2.34. The maximum atomic E-state index is 4.88. The summed E-state index contributed by atoms with van der Waals surface area (Å²) in [6.45, 7) is 9.78. The Morgan fingerprint density at radius 2 is 1.73 bits per heavy atom. The van der Waals surface area contributed by atoms with E-state index in [2.05, 4.69) is 35.8 Å². The number of hydrogen-bond donors (Lipinski definition) is 0. The zero-order valence-corrected chi connectivity index (χ0v) is 13.6. The minimum Gasteiger partial charge on any atom is -0.338 e. The van der Waals surface area contributed by atoms with Crippen LogP contribution in [0.1, 0.15) is 30.2 Å². The summed E-state index contributed by atoms with van der Waals surface area (Å²) in [6.07, 6.45) is 3.70. The highest BCUT2D eigenvalue weighted by Gasteiger charge is 2.20. The van der Waals surface area contributed by atoms with Gasteiger partial charge in [0, 0.05) is 31.6 Å². The van der Waals surface area contributed by atoms with Crippen LogP contribution in [-0.4, -0.2) is 47.6 Å². The van der Waals surface area contributed by atoms with Gasteiger partial charge < -0.3 is 9.80 Å². The zero-order valence-electron chi connectivity index (χ0n) is 13.6. The van der Waals surface area contributed by atoms with Crippen molar-refractivity contribution >= 4 is 16.9 Å². The van der Waals surface area contributed by atoms with E-state index in [1.165, 1.54) is 35.8 Å². The maximum Gasteiger partial charge on any atom is 0.226 e. The monoisotopic (exact) mass is 296 g/mol. The molecule has 0 unspecified atom stereocenters. The maximum absolute atomic E-state index is 4.88. The third kappa shape index (κ3) is 2.35. The Bertz CT molecular complexity index is 702. The molecule has 2 aliphatic rings. The molecule has 1 aliphatic heterocycles. The predicted octanol–water partition coefficient (Wildman–Crippen LogP) is 2.57. The van der Waals surface area contributed by atoms with Gasteiger partial charge in [0.1, 0.15) is 0 Å². The Hall–Kier alpha value is -1.68. The van der Waals surface area contributed by atoms with E-state index in [0.717, 1.165) is 49.9 Å². The molecule has 0 atom stereocenters. The predicted molar refractivity (Wildman–Crippen MR) is 90.6 cm³/mol. The molecule has 0 spiro atoms. The van der Waals surface area contributed by atoms with Crippen LogP contribution in [0.4, 0.5) is 5.95 Å². The molecule has 22 heavy (non-hydrogen) atoms. The number of hydrogen-bond acceptors (Lipinski definition) is 4. The molecular weight excluding hydrogens is 272 g/mol. The standard InChI is InChI=1S/C18H24N4/c1-3-21-7-9-22(10-8-21)18-19-13(2)16-11-14-5-4-6-15(14)12-17(16)20-18/h11-12H,3-10H2,1-2H3. The van der Waals surface area contributed by atoms with Crippen LogP contribution >= 0.6 is 0 Å².